The summed E-state index contributed by atoms with van der Waals surface area (Å²) >= 11 is 6.43. The summed E-state index contributed by atoms with van der Waals surface area (Å²) in [6.45, 7) is 7.19. The Kier molecular flexibility index (Phi) is 10.9. The van der Waals surface area contributed by atoms with Gasteiger partial charge in [-0.15, -0.1) is 0 Å². The van der Waals surface area contributed by atoms with E-state index < -0.39 is 6.04 Å². The Hall–Kier alpha value is -2.73. The fourth-order valence-electron chi connectivity index (χ4n) is 4.74. The van der Waals surface area contributed by atoms with Crippen LogP contribution < -0.4 is 14.8 Å². The normalized spacial score (nSPS) is 14.3. The van der Waals surface area contributed by atoms with Gasteiger partial charge >= 0.3 is 0 Å². The Morgan fingerprint density at radius 2 is 1.72 bits per heavy atom. The summed E-state index contributed by atoms with van der Waals surface area (Å²) in [4.78, 5) is 28.6. The first kappa shape index (κ1) is 27.9. The lowest BCUT2D eigenvalue weighted by atomic mass is 10.0. The standard InChI is InChI=1S/C29H39ClN2O4/c1-4-25(29(34)31-23-12-8-9-13-23)32(20-22-11-7-10-14-24(22)30)28(33)18-16-21-15-17-26(35-5-2)27(19-21)36-6-3/h7,10-11,14-15,17,19,23,25H,4-6,8-9,12-13,16,18,20H2,1-3H3,(H,31,34)/t25-/m1/s1. The van der Waals surface area contributed by atoms with Crippen molar-refractivity contribution in [2.75, 3.05) is 13.2 Å². The van der Waals surface area contributed by atoms with Gasteiger partial charge in [0.05, 0.1) is 13.2 Å². The second-order valence-electron chi connectivity index (χ2n) is 9.17. The van der Waals surface area contributed by atoms with E-state index in [0.29, 0.717) is 49.1 Å². The summed E-state index contributed by atoms with van der Waals surface area (Å²) in [7, 11) is 0. The van der Waals surface area contributed by atoms with Gasteiger partial charge in [-0.2, -0.15) is 0 Å². The van der Waals surface area contributed by atoms with Crippen LogP contribution in [-0.2, 0) is 22.6 Å². The van der Waals surface area contributed by atoms with Crippen LogP contribution in [-0.4, -0.2) is 42.0 Å². The first-order chi connectivity index (χ1) is 17.5. The monoisotopic (exact) mass is 514 g/mol. The first-order valence-corrected chi connectivity index (χ1v) is 13.6. The van der Waals surface area contributed by atoms with Crippen LogP contribution in [0, 0.1) is 0 Å². The summed E-state index contributed by atoms with van der Waals surface area (Å²) in [5, 5.41) is 3.77. The Morgan fingerprint density at radius 3 is 2.39 bits per heavy atom. The van der Waals surface area contributed by atoms with Gasteiger partial charge in [-0.05, 0) is 68.9 Å². The fourth-order valence-corrected chi connectivity index (χ4v) is 4.94. The van der Waals surface area contributed by atoms with Crippen molar-refractivity contribution in [2.24, 2.45) is 0 Å². The van der Waals surface area contributed by atoms with Gasteiger partial charge in [0.1, 0.15) is 6.04 Å². The molecule has 36 heavy (non-hydrogen) atoms. The van der Waals surface area contributed by atoms with Crippen LogP contribution in [0.25, 0.3) is 0 Å². The SMILES string of the molecule is CCOc1ccc(CCC(=O)N(Cc2ccccc2Cl)[C@H](CC)C(=O)NC2CCCC2)cc1OCC. The molecule has 2 aromatic rings. The predicted molar refractivity (Wildman–Crippen MR) is 144 cm³/mol. The van der Waals surface area contributed by atoms with Crippen molar-refractivity contribution >= 4 is 23.4 Å². The zero-order valence-electron chi connectivity index (χ0n) is 21.7. The largest absolute Gasteiger partial charge is 0.490 e. The lowest BCUT2D eigenvalue weighted by Crippen LogP contribution is -2.51. The molecule has 0 spiro atoms. The zero-order valence-corrected chi connectivity index (χ0v) is 22.5. The van der Waals surface area contributed by atoms with Crippen molar-refractivity contribution < 1.29 is 19.1 Å². The third-order valence-electron chi connectivity index (χ3n) is 6.62. The van der Waals surface area contributed by atoms with Crippen LogP contribution in [0.15, 0.2) is 42.5 Å². The number of aryl methyl sites for hydroxylation is 1. The van der Waals surface area contributed by atoms with Crippen molar-refractivity contribution in [3.8, 4) is 11.5 Å². The van der Waals surface area contributed by atoms with Crippen molar-refractivity contribution in [1.82, 2.24) is 10.2 Å². The number of hydrogen-bond donors (Lipinski definition) is 1. The van der Waals surface area contributed by atoms with E-state index in [0.717, 1.165) is 36.8 Å². The number of carbonyl (C=O) groups is 2. The van der Waals surface area contributed by atoms with Crippen LogP contribution >= 0.6 is 11.6 Å². The highest BCUT2D eigenvalue weighted by atomic mass is 35.5. The van der Waals surface area contributed by atoms with E-state index >= 15 is 0 Å². The number of ether oxygens (including phenoxy) is 2. The Balaban J connectivity index is 1.77. The minimum Gasteiger partial charge on any atom is -0.490 e. The molecular formula is C29H39ClN2O4. The van der Waals surface area contributed by atoms with Crippen LogP contribution in [0.4, 0.5) is 0 Å². The molecule has 0 heterocycles. The highest BCUT2D eigenvalue weighted by Gasteiger charge is 2.30. The highest BCUT2D eigenvalue weighted by Crippen LogP contribution is 2.29. The van der Waals surface area contributed by atoms with Crippen molar-refractivity contribution in [2.45, 2.75) is 84.3 Å². The second-order valence-corrected chi connectivity index (χ2v) is 9.58. The lowest BCUT2D eigenvalue weighted by molar-refractivity contribution is -0.141. The summed E-state index contributed by atoms with van der Waals surface area (Å²) in [6.07, 6.45) is 5.61. The number of rotatable bonds is 13. The van der Waals surface area contributed by atoms with Gasteiger partial charge in [-0.3, -0.25) is 9.59 Å². The molecule has 1 atom stereocenters. The van der Waals surface area contributed by atoms with E-state index in [-0.39, 0.29) is 24.3 Å². The average molecular weight is 515 g/mol. The number of hydrogen-bond acceptors (Lipinski definition) is 4. The summed E-state index contributed by atoms with van der Waals surface area (Å²) in [5.74, 6) is 1.23. The van der Waals surface area contributed by atoms with Gasteiger partial charge in [-0.1, -0.05) is 55.6 Å². The van der Waals surface area contributed by atoms with Crippen molar-refractivity contribution in [3.05, 3.63) is 58.6 Å². The molecule has 7 heteroatoms. The zero-order chi connectivity index (χ0) is 25.9. The Morgan fingerprint density at radius 1 is 1.03 bits per heavy atom. The number of benzene rings is 2. The smallest absolute Gasteiger partial charge is 0.243 e. The van der Waals surface area contributed by atoms with Gasteiger partial charge < -0.3 is 19.7 Å². The topological polar surface area (TPSA) is 67.9 Å². The van der Waals surface area contributed by atoms with E-state index in [1.54, 1.807) is 4.90 Å². The third-order valence-corrected chi connectivity index (χ3v) is 6.99. The molecule has 0 aliphatic heterocycles. The quantitative estimate of drug-likeness (QED) is 0.359. The van der Waals surface area contributed by atoms with E-state index in [2.05, 4.69) is 5.32 Å². The van der Waals surface area contributed by atoms with E-state index in [1.807, 2.05) is 63.2 Å². The molecule has 0 radical (unpaired) electrons. The molecular weight excluding hydrogens is 476 g/mol. The maximum atomic E-state index is 13.6. The van der Waals surface area contributed by atoms with Gasteiger partial charge in [-0.25, -0.2) is 0 Å². The lowest BCUT2D eigenvalue weighted by Gasteiger charge is -2.32. The highest BCUT2D eigenvalue weighted by molar-refractivity contribution is 6.31. The number of carbonyl (C=O) groups excluding carboxylic acids is 2. The Labute approximate surface area is 220 Å². The predicted octanol–water partition coefficient (Wildman–Crippen LogP) is 5.94. The number of nitrogens with zero attached hydrogens (tertiary/aromatic N) is 1. The summed E-state index contributed by atoms with van der Waals surface area (Å²) in [6, 6.07) is 12.9. The number of amides is 2. The van der Waals surface area contributed by atoms with Crippen LogP contribution in [0.3, 0.4) is 0 Å². The maximum absolute atomic E-state index is 13.6. The van der Waals surface area contributed by atoms with Gasteiger partial charge in [0.2, 0.25) is 11.8 Å². The Bertz CT molecular complexity index is 1010. The van der Waals surface area contributed by atoms with Crippen molar-refractivity contribution in [3.63, 3.8) is 0 Å². The van der Waals surface area contributed by atoms with Crippen LogP contribution in [0.2, 0.25) is 5.02 Å². The average Bonchev–Trinajstić information content (AvgIpc) is 3.38. The van der Waals surface area contributed by atoms with E-state index in [9.17, 15) is 9.59 Å². The minimum atomic E-state index is -0.548. The number of halogens is 1. The van der Waals surface area contributed by atoms with Crippen LogP contribution in [0.1, 0.15) is 70.4 Å². The maximum Gasteiger partial charge on any atom is 0.243 e. The molecule has 1 fully saturated rings. The molecule has 0 aromatic heterocycles. The summed E-state index contributed by atoms with van der Waals surface area (Å²) in [5.41, 5.74) is 1.82. The van der Waals surface area contributed by atoms with Crippen molar-refractivity contribution in [1.29, 1.82) is 0 Å². The second kappa shape index (κ2) is 14.1. The fraction of sp³-hybridized carbons (Fsp3) is 0.517. The van der Waals surface area contributed by atoms with E-state index in [1.165, 1.54) is 0 Å². The molecule has 2 aromatic carbocycles. The molecule has 0 unspecified atom stereocenters. The molecule has 0 bridgehead atoms. The molecule has 1 N–H and O–H groups in total. The van der Waals surface area contributed by atoms with Gasteiger partial charge in [0.15, 0.2) is 11.5 Å². The molecule has 1 aliphatic carbocycles. The number of nitrogens with one attached hydrogen (secondary N) is 1. The summed E-state index contributed by atoms with van der Waals surface area (Å²) < 4.78 is 11.4. The molecule has 3 rings (SSSR count). The first-order valence-electron chi connectivity index (χ1n) is 13.2. The van der Waals surface area contributed by atoms with E-state index in [4.69, 9.17) is 21.1 Å². The minimum absolute atomic E-state index is 0.0739. The van der Waals surface area contributed by atoms with Gasteiger partial charge in [0.25, 0.3) is 0 Å². The van der Waals surface area contributed by atoms with Crippen LogP contribution in [0.5, 0.6) is 11.5 Å². The molecule has 1 saturated carbocycles. The third kappa shape index (κ3) is 7.63. The molecule has 0 saturated heterocycles. The molecule has 6 nitrogen and oxygen atoms in total. The molecule has 2 amide bonds. The molecule has 196 valence electrons. The van der Waals surface area contributed by atoms with Gasteiger partial charge in [0, 0.05) is 24.0 Å². The molecule has 1 aliphatic rings.